The van der Waals surface area contributed by atoms with Crippen LogP contribution in [0.3, 0.4) is 0 Å². The first-order chi connectivity index (χ1) is 13.2. The molecule has 140 valence electrons. The van der Waals surface area contributed by atoms with Gasteiger partial charge in [-0.05, 0) is 64.2 Å². The van der Waals surface area contributed by atoms with E-state index < -0.39 is 0 Å². The van der Waals surface area contributed by atoms with Crippen molar-refractivity contribution in [1.29, 1.82) is 0 Å². The van der Waals surface area contributed by atoms with Crippen molar-refractivity contribution in [3.05, 3.63) is 65.2 Å². The minimum Gasteiger partial charge on any atom is -0.497 e. The molecular formula is C23H25NO3. The van der Waals surface area contributed by atoms with E-state index in [1.165, 1.54) is 27.5 Å². The molecule has 0 N–H and O–H groups in total. The Morgan fingerprint density at radius 3 is 2.22 bits per heavy atom. The van der Waals surface area contributed by atoms with Crippen molar-refractivity contribution < 1.29 is 14.2 Å². The predicted octanol–water partition coefficient (Wildman–Crippen LogP) is 4.42. The van der Waals surface area contributed by atoms with Gasteiger partial charge in [0.25, 0.3) is 0 Å². The maximum absolute atomic E-state index is 5.47. The van der Waals surface area contributed by atoms with Gasteiger partial charge in [0.15, 0.2) is 11.5 Å². The summed E-state index contributed by atoms with van der Waals surface area (Å²) in [6.07, 6.45) is 1.03. The van der Waals surface area contributed by atoms with Gasteiger partial charge in [-0.2, -0.15) is 0 Å². The summed E-state index contributed by atoms with van der Waals surface area (Å²) in [5.74, 6) is 2.51. The van der Waals surface area contributed by atoms with Crippen molar-refractivity contribution in [2.24, 2.45) is 0 Å². The lowest BCUT2D eigenvalue weighted by molar-refractivity contribution is 0.244. The average molecular weight is 362 g/mol. The van der Waals surface area contributed by atoms with Gasteiger partial charge in [-0.3, -0.25) is 4.90 Å². The molecule has 3 aromatic rings. The number of benzene rings is 3. The van der Waals surface area contributed by atoms with Crippen LogP contribution in [-0.2, 0) is 19.5 Å². The molecule has 4 nitrogen and oxygen atoms in total. The first-order valence-corrected chi connectivity index (χ1v) is 9.23. The van der Waals surface area contributed by atoms with Crippen molar-refractivity contribution in [1.82, 2.24) is 4.90 Å². The van der Waals surface area contributed by atoms with Gasteiger partial charge in [0.2, 0.25) is 0 Å². The molecule has 4 heteroatoms. The summed E-state index contributed by atoms with van der Waals surface area (Å²) in [6.45, 7) is 2.91. The van der Waals surface area contributed by atoms with Crippen LogP contribution in [0.15, 0.2) is 48.5 Å². The number of hydrogen-bond acceptors (Lipinski definition) is 4. The zero-order chi connectivity index (χ0) is 18.8. The van der Waals surface area contributed by atoms with Crippen LogP contribution in [0.2, 0.25) is 0 Å². The molecule has 27 heavy (non-hydrogen) atoms. The molecule has 4 rings (SSSR count). The summed E-state index contributed by atoms with van der Waals surface area (Å²) >= 11 is 0. The fraction of sp³-hybridized carbons (Fsp3) is 0.304. The van der Waals surface area contributed by atoms with Gasteiger partial charge in [-0.15, -0.1) is 0 Å². The normalized spacial score (nSPS) is 14.0. The van der Waals surface area contributed by atoms with Crippen molar-refractivity contribution in [2.45, 2.75) is 19.5 Å². The molecule has 0 saturated carbocycles. The van der Waals surface area contributed by atoms with Crippen LogP contribution in [0.25, 0.3) is 10.8 Å². The summed E-state index contributed by atoms with van der Waals surface area (Å²) in [4.78, 5) is 2.49. The van der Waals surface area contributed by atoms with Gasteiger partial charge in [0, 0.05) is 19.6 Å². The molecule has 1 aliphatic rings. The van der Waals surface area contributed by atoms with E-state index >= 15 is 0 Å². The number of methoxy groups -OCH3 is 3. The SMILES string of the molecule is COc1cc2c(cc1OC)CN(Cc1ccc3cc(O[11CH3])ccc3c1)CC2. The lowest BCUT2D eigenvalue weighted by Crippen LogP contribution is -2.30. The topological polar surface area (TPSA) is 30.9 Å². The van der Waals surface area contributed by atoms with Crippen LogP contribution >= 0.6 is 0 Å². The molecule has 0 saturated heterocycles. The number of fused-ring (bicyclic) bond motifs is 2. The Morgan fingerprint density at radius 1 is 0.778 bits per heavy atom. The zero-order valence-corrected chi connectivity index (χ0v) is 16.1. The van der Waals surface area contributed by atoms with E-state index in [1.807, 2.05) is 6.07 Å². The third-order valence-corrected chi connectivity index (χ3v) is 5.32. The highest BCUT2D eigenvalue weighted by Gasteiger charge is 2.19. The van der Waals surface area contributed by atoms with E-state index in [1.54, 1.807) is 21.3 Å². The monoisotopic (exact) mass is 362 g/mol. The predicted molar refractivity (Wildman–Crippen MR) is 108 cm³/mol. The van der Waals surface area contributed by atoms with Gasteiger partial charge >= 0.3 is 0 Å². The molecular weight excluding hydrogens is 337 g/mol. The molecule has 0 aromatic heterocycles. The number of rotatable bonds is 5. The van der Waals surface area contributed by atoms with Crippen LogP contribution in [0.5, 0.6) is 17.2 Å². The Morgan fingerprint density at radius 2 is 1.48 bits per heavy atom. The summed E-state index contributed by atoms with van der Waals surface area (Å²) in [5.41, 5.74) is 4.01. The quantitative estimate of drug-likeness (QED) is 0.672. The van der Waals surface area contributed by atoms with E-state index in [0.29, 0.717) is 0 Å². The number of hydrogen-bond donors (Lipinski definition) is 0. The molecule has 0 bridgehead atoms. The van der Waals surface area contributed by atoms with Gasteiger partial charge in [0.1, 0.15) is 5.75 Å². The summed E-state index contributed by atoms with van der Waals surface area (Å²) in [5, 5.41) is 2.45. The highest BCUT2D eigenvalue weighted by Crippen LogP contribution is 2.33. The van der Waals surface area contributed by atoms with Crippen LogP contribution < -0.4 is 14.2 Å². The summed E-state index contributed by atoms with van der Waals surface area (Å²) < 4.78 is 16.2. The Balaban J connectivity index is 1.53. The molecule has 3 aromatic carbocycles. The second-order valence-electron chi connectivity index (χ2n) is 6.98. The third-order valence-electron chi connectivity index (χ3n) is 5.32. The number of nitrogens with zero attached hydrogens (tertiary/aromatic N) is 1. The Labute approximate surface area is 160 Å². The highest BCUT2D eigenvalue weighted by molar-refractivity contribution is 5.84. The van der Waals surface area contributed by atoms with Gasteiger partial charge in [0.05, 0.1) is 21.3 Å². The largest absolute Gasteiger partial charge is 0.497 e. The fourth-order valence-electron chi connectivity index (χ4n) is 3.83. The van der Waals surface area contributed by atoms with Gasteiger partial charge in [-0.1, -0.05) is 18.2 Å². The van der Waals surface area contributed by atoms with Crippen LogP contribution in [0.1, 0.15) is 16.7 Å². The molecule has 0 radical (unpaired) electrons. The Kier molecular flexibility index (Phi) is 4.90. The molecule has 1 heterocycles. The summed E-state index contributed by atoms with van der Waals surface area (Å²) in [6, 6.07) is 17.1. The lowest BCUT2D eigenvalue weighted by Gasteiger charge is -2.29. The average Bonchev–Trinajstić information content (AvgIpc) is 2.72. The number of ether oxygens (including phenoxy) is 3. The minimum atomic E-state index is 0.803. The van der Waals surface area contributed by atoms with Gasteiger partial charge in [-0.25, -0.2) is 0 Å². The van der Waals surface area contributed by atoms with Crippen molar-refractivity contribution in [2.75, 3.05) is 27.9 Å². The standard InChI is InChI=1S/C23H25NO3/c1-25-21-7-6-17-10-16(4-5-18(17)11-21)14-24-9-8-19-12-22(26-2)23(27-3)13-20(19)15-24/h4-7,10-13H,8-9,14-15H2,1-3H3/i1-1. The maximum Gasteiger partial charge on any atom is 0.161 e. The van der Waals surface area contributed by atoms with E-state index in [2.05, 4.69) is 47.4 Å². The second-order valence-corrected chi connectivity index (χ2v) is 6.98. The molecule has 0 unspecified atom stereocenters. The first-order valence-electron chi connectivity index (χ1n) is 9.23. The lowest BCUT2D eigenvalue weighted by atomic mass is 9.98. The maximum atomic E-state index is 5.47. The summed E-state index contributed by atoms with van der Waals surface area (Å²) in [7, 11) is 5.08. The van der Waals surface area contributed by atoms with Crippen LogP contribution in [-0.4, -0.2) is 32.8 Å². The van der Waals surface area contributed by atoms with E-state index in [-0.39, 0.29) is 0 Å². The van der Waals surface area contributed by atoms with E-state index in [9.17, 15) is 0 Å². The molecule has 0 atom stereocenters. The molecule has 1 aliphatic heterocycles. The van der Waals surface area contributed by atoms with E-state index in [4.69, 9.17) is 14.2 Å². The fourth-order valence-corrected chi connectivity index (χ4v) is 3.83. The second kappa shape index (κ2) is 7.49. The van der Waals surface area contributed by atoms with Gasteiger partial charge < -0.3 is 14.2 Å². The zero-order valence-electron chi connectivity index (χ0n) is 16.1. The first kappa shape index (κ1) is 17.7. The third kappa shape index (κ3) is 3.58. The molecule has 0 amide bonds. The van der Waals surface area contributed by atoms with E-state index in [0.717, 1.165) is 43.3 Å². The molecule has 0 aliphatic carbocycles. The molecule has 0 spiro atoms. The Bertz CT molecular complexity index is 967. The van der Waals surface area contributed by atoms with Crippen LogP contribution in [0.4, 0.5) is 0 Å². The van der Waals surface area contributed by atoms with Crippen molar-refractivity contribution in [3.63, 3.8) is 0 Å². The smallest absolute Gasteiger partial charge is 0.161 e. The van der Waals surface area contributed by atoms with Crippen molar-refractivity contribution >= 4 is 10.8 Å². The van der Waals surface area contributed by atoms with Crippen LogP contribution in [0, 0.1) is 0 Å². The minimum absolute atomic E-state index is 0.803. The Hall–Kier alpha value is -2.72. The highest BCUT2D eigenvalue weighted by atomic mass is 16.5. The van der Waals surface area contributed by atoms with Crippen molar-refractivity contribution in [3.8, 4) is 17.2 Å². The molecule has 0 fully saturated rings.